The highest BCUT2D eigenvalue weighted by Crippen LogP contribution is 2.33. The van der Waals surface area contributed by atoms with Crippen molar-refractivity contribution in [2.75, 3.05) is 13.6 Å². The zero-order valence-electron chi connectivity index (χ0n) is 13.7. The van der Waals surface area contributed by atoms with Crippen LogP contribution >= 0.6 is 0 Å². The van der Waals surface area contributed by atoms with Crippen LogP contribution in [0.3, 0.4) is 0 Å². The molecule has 0 amide bonds. The topological polar surface area (TPSA) is 36.9 Å². The van der Waals surface area contributed by atoms with E-state index in [0.717, 1.165) is 35.0 Å². The van der Waals surface area contributed by atoms with Gasteiger partial charge in [-0.2, -0.15) is 0 Å². The number of ether oxygens (including phenoxy) is 4. The van der Waals surface area contributed by atoms with E-state index in [4.69, 9.17) is 18.9 Å². The van der Waals surface area contributed by atoms with Crippen molar-refractivity contribution >= 4 is 6.08 Å². The Kier molecular flexibility index (Phi) is 5.06. The summed E-state index contributed by atoms with van der Waals surface area (Å²) >= 11 is 0. The van der Waals surface area contributed by atoms with E-state index in [-0.39, 0.29) is 0 Å². The lowest BCUT2D eigenvalue weighted by atomic mass is 10.1. The Balaban J connectivity index is 0.000000141. The highest BCUT2D eigenvalue weighted by Gasteiger charge is 2.12. The molecular weight excluding hydrogens is 304 g/mol. The fourth-order valence-electron chi connectivity index (χ4n) is 2.44. The Bertz CT molecular complexity index is 749. The van der Waals surface area contributed by atoms with E-state index < -0.39 is 0 Å². The first-order chi connectivity index (χ1) is 11.8. The zero-order chi connectivity index (χ0) is 16.8. The quantitative estimate of drug-likeness (QED) is 0.774. The van der Waals surface area contributed by atoms with E-state index in [2.05, 4.69) is 6.58 Å². The van der Waals surface area contributed by atoms with E-state index in [1.54, 1.807) is 0 Å². The van der Waals surface area contributed by atoms with Gasteiger partial charge in [-0.1, -0.05) is 30.4 Å². The molecule has 0 spiro atoms. The van der Waals surface area contributed by atoms with Crippen molar-refractivity contribution in [2.45, 2.75) is 13.3 Å². The van der Waals surface area contributed by atoms with Crippen LogP contribution in [0.2, 0.25) is 0 Å². The molecule has 4 heteroatoms. The number of fused-ring (bicyclic) bond motifs is 2. The van der Waals surface area contributed by atoms with E-state index in [1.807, 2.05) is 61.5 Å². The Labute approximate surface area is 141 Å². The third kappa shape index (κ3) is 3.71. The SMILES string of the molecule is C/C=C/c1ccc2c(c1)OCO2.C=CCc1ccc2c(c1)OCO2. The molecule has 24 heavy (non-hydrogen) atoms. The van der Waals surface area contributed by atoms with Crippen LogP contribution in [0.25, 0.3) is 6.08 Å². The highest BCUT2D eigenvalue weighted by molar-refractivity contribution is 5.56. The van der Waals surface area contributed by atoms with Crippen molar-refractivity contribution in [3.63, 3.8) is 0 Å². The number of allylic oxidation sites excluding steroid dienone is 2. The summed E-state index contributed by atoms with van der Waals surface area (Å²) in [7, 11) is 0. The molecule has 2 aliphatic rings. The highest BCUT2D eigenvalue weighted by atomic mass is 16.7. The minimum Gasteiger partial charge on any atom is -0.454 e. The van der Waals surface area contributed by atoms with Crippen LogP contribution in [0, 0.1) is 0 Å². The van der Waals surface area contributed by atoms with Gasteiger partial charge in [0.2, 0.25) is 13.6 Å². The Morgan fingerprint density at radius 1 is 0.875 bits per heavy atom. The lowest BCUT2D eigenvalue weighted by Gasteiger charge is -1.98. The predicted octanol–water partition coefficient (Wildman–Crippen LogP) is 4.59. The van der Waals surface area contributed by atoms with E-state index in [1.165, 1.54) is 5.56 Å². The number of rotatable bonds is 3. The molecule has 0 aromatic heterocycles. The van der Waals surface area contributed by atoms with Crippen molar-refractivity contribution in [2.24, 2.45) is 0 Å². The molecule has 2 heterocycles. The molecule has 2 aromatic carbocycles. The number of hydrogen-bond acceptors (Lipinski definition) is 4. The summed E-state index contributed by atoms with van der Waals surface area (Å²) in [5.41, 5.74) is 2.34. The lowest BCUT2D eigenvalue weighted by molar-refractivity contribution is 0.173. The largest absolute Gasteiger partial charge is 0.454 e. The molecule has 0 saturated carbocycles. The smallest absolute Gasteiger partial charge is 0.231 e. The summed E-state index contributed by atoms with van der Waals surface area (Å²) in [6.07, 6.45) is 6.77. The first-order valence-electron chi connectivity index (χ1n) is 7.82. The van der Waals surface area contributed by atoms with Gasteiger partial charge in [0.05, 0.1) is 0 Å². The van der Waals surface area contributed by atoms with Crippen LogP contribution in [0.1, 0.15) is 18.1 Å². The zero-order valence-corrected chi connectivity index (χ0v) is 13.7. The molecule has 0 radical (unpaired) electrons. The van der Waals surface area contributed by atoms with Gasteiger partial charge in [0.1, 0.15) is 0 Å². The maximum Gasteiger partial charge on any atom is 0.231 e. The third-order valence-corrected chi connectivity index (χ3v) is 3.57. The molecule has 0 unspecified atom stereocenters. The second kappa shape index (κ2) is 7.59. The predicted molar refractivity (Wildman–Crippen MR) is 93.7 cm³/mol. The summed E-state index contributed by atoms with van der Waals surface area (Å²) in [6, 6.07) is 11.9. The molecular formula is C20H20O4. The molecule has 0 bridgehead atoms. The molecule has 4 rings (SSSR count). The monoisotopic (exact) mass is 324 g/mol. The van der Waals surface area contributed by atoms with Crippen LogP contribution in [0.4, 0.5) is 0 Å². The average Bonchev–Trinajstić information content (AvgIpc) is 3.24. The molecule has 0 atom stereocenters. The maximum absolute atomic E-state index is 5.23. The standard InChI is InChI=1S/2C10H10O2/c2*1-2-3-8-4-5-9-10(6-8)12-7-11-9/h2-6H,7H2,1H3;2,4-6H,1,3,7H2/b3-2+;. The Morgan fingerprint density at radius 3 is 2.17 bits per heavy atom. The molecule has 0 aliphatic carbocycles. The first kappa shape index (κ1) is 16.0. The fraction of sp³-hybridized carbons (Fsp3) is 0.200. The normalized spacial score (nSPS) is 13.5. The molecule has 124 valence electrons. The average molecular weight is 324 g/mol. The van der Waals surface area contributed by atoms with Crippen molar-refractivity contribution in [1.82, 2.24) is 0 Å². The van der Waals surface area contributed by atoms with Crippen molar-refractivity contribution in [1.29, 1.82) is 0 Å². The van der Waals surface area contributed by atoms with Crippen LogP contribution in [-0.4, -0.2) is 13.6 Å². The van der Waals surface area contributed by atoms with Gasteiger partial charge in [-0.05, 0) is 48.7 Å². The van der Waals surface area contributed by atoms with Gasteiger partial charge in [0, 0.05) is 0 Å². The molecule has 2 aliphatic heterocycles. The van der Waals surface area contributed by atoms with Gasteiger partial charge in [-0.15, -0.1) is 6.58 Å². The van der Waals surface area contributed by atoms with Gasteiger partial charge < -0.3 is 18.9 Å². The molecule has 0 N–H and O–H groups in total. The number of benzene rings is 2. The van der Waals surface area contributed by atoms with E-state index in [9.17, 15) is 0 Å². The summed E-state index contributed by atoms with van der Waals surface area (Å²) in [5.74, 6) is 3.35. The van der Waals surface area contributed by atoms with E-state index >= 15 is 0 Å². The summed E-state index contributed by atoms with van der Waals surface area (Å²) in [4.78, 5) is 0. The van der Waals surface area contributed by atoms with Crippen molar-refractivity contribution in [3.05, 3.63) is 66.3 Å². The fourth-order valence-corrected chi connectivity index (χ4v) is 2.44. The summed E-state index contributed by atoms with van der Waals surface area (Å²) < 4.78 is 20.8. The van der Waals surface area contributed by atoms with Crippen molar-refractivity contribution in [3.8, 4) is 23.0 Å². The Morgan fingerprint density at radius 2 is 1.50 bits per heavy atom. The molecule has 0 fully saturated rings. The Hall–Kier alpha value is -2.88. The van der Waals surface area contributed by atoms with Gasteiger partial charge in [0.25, 0.3) is 0 Å². The summed E-state index contributed by atoms with van der Waals surface area (Å²) in [6.45, 7) is 6.35. The van der Waals surface area contributed by atoms with E-state index in [0.29, 0.717) is 13.6 Å². The van der Waals surface area contributed by atoms with Gasteiger partial charge >= 0.3 is 0 Å². The van der Waals surface area contributed by atoms with Crippen LogP contribution in [-0.2, 0) is 6.42 Å². The minimum absolute atomic E-state index is 0.340. The van der Waals surface area contributed by atoms with Gasteiger partial charge in [-0.3, -0.25) is 0 Å². The maximum atomic E-state index is 5.23. The minimum atomic E-state index is 0.340. The van der Waals surface area contributed by atoms with Gasteiger partial charge in [0.15, 0.2) is 23.0 Å². The van der Waals surface area contributed by atoms with Gasteiger partial charge in [-0.25, -0.2) is 0 Å². The van der Waals surface area contributed by atoms with Crippen molar-refractivity contribution < 1.29 is 18.9 Å². The second-order valence-electron chi connectivity index (χ2n) is 5.29. The second-order valence-corrected chi connectivity index (χ2v) is 5.29. The van der Waals surface area contributed by atoms with Crippen LogP contribution < -0.4 is 18.9 Å². The van der Waals surface area contributed by atoms with Crippen LogP contribution in [0.15, 0.2) is 55.1 Å². The molecule has 2 aromatic rings. The summed E-state index contributed by atoms with van der Waals surface area (Å²) in [5, 5.41) is 0. The molecule has 4 nitrogen and oxygen atoms in total. The third-order valence-electron chi connectivity index (χ3n) is 3.57. The first-order valence-corrected chi connectivity index (χ1v) is 7.82. The lowest BCUT2D eigenvalue weighted by Crippen LogP contribution is -1.92. The molecule has 0 saturated heterocycles. The van der Waals surface area contributed by atoms with Crippen LogP contribution in [0.5, 0.6) is 23.0 Å². The number of hydrogen-bond donors (Lipinski definition) is 0.